The summed E-state index contributed by atoms with van der Waals surface area (Å²) in [5.41, 5.74) is 10.7. The van der Waals surface area contributed by atoms with E-state index in [9.17, 15) is 15.0 Å². The minimum absolute atomic E-state index is 0.279. The molecule has 1 aliphatic heterocycles. The topological polar surface area (TPSA) is 148 Å². The maximum absolute atomic E-state index is 10.5. The van der Waals surface area contributed by atoms with Gasteiger partial charge in [0.15, 0.2) is 6.29 Å². The average Bonchev–Trinajstić information content (AvgIpc) is 2.37. The number of rotatable bonds is 7. The highest BCUT2D eigenvalue weighted by Crippen LogP contribution is 2.20. The number of hydrogen-bond donors (Lipinski definition) is 5. The van der Waals surface area contributed by atoms with Gasteiger partial charge >= 0.3 is 0 Å². The minimum Gasteiger partial charge on any atom is -0.394 e. The van der Waals surface area contributed by atoms with Gasteiger partial charge in [0.25, 0.3) is 0 Å². The Morgan fingerprint density at radius 3 is 2.53 bits per heavy atom. The molecule has 0 saturated carbocycles. The summed E-state index contributed by atoms with van der Waals surface area (Å²) >= 11 is 0. The van der Waals surface area contributed by atoms with Gasteiger partial charge in [-0.15, -0.1) is 0 Å². The molecular weight excluding hydrogens is 256 g/mol. The zero-order chi connectivity index (χ0) is 14.4. The summed E-state index contributed by atoms with van der Waals surface area (Å²) in [4.78, 5) is 10.5. The fourth-order valence-electron chi connectivity index (χ4n) is 1.85. The molecule has 5 atom stereocenters. The van der Waals surface area contributed by atoms with Gasteiger partial charge in [-0.2, -0.15) is 0 Å². The predicted molar refractivity (Wildman–Crippen MR) is 64.7 cm³/mol. The maximum atomic E-state index is 10.5. The van der Waals surface area contributed by atoms with E-state index in [2.05, 4.69) is 0 Å². The van der Waals surface area contributed by atoms with Crippen molar-refractivity contribution in [2.45, 2.75) is 49.9 Å². The molecule has 19 heavy (non-hydrogen) atoms. The summed E-state index contributed by atoms with van der Waals surface area (Å²) in [7, 11) is 0. The molecule has 0 aromatic carbocycles. The lowest BCUT2D eigenvalue weighted by atomic mass is 9.98. The predicted octanol–water partition coefficient (Wildman–Crippen LogP) is -2.58. The van der Waals surface area contributed by atoms with Crippen LogP contribution in [0, 0.1) is 0 Å². The number of aliphatic hydroxyl groups excluding tert-OH is 3. The largest absolute Gasteiger partial charge is 0.394 e. The van der Waals surface area contributed by atoms with Crippen LogP contribution in [0.15, 0.2) is 0 Å². The molecule has 0 aromatic heterocycles. The molecule has 5 unspecified atom stereocenters. The molecule has 8 nitrogen and oxygen atoms in total. The summed E-state index contributed by atoms with van der Waals surface area (Å²) in [6, 6.07) is -0.894. The van der Waals surface area contributed by atoms with Crippen LogP contribution >= 0.6 is 0 Å². The van der Waals surface area contributed by atoms with Gasteiger partial charge in [-0.1, -0.05) is 0 Å². The molecule has 8 heteroatoms. The van der Waals surface area contributed by atoms with Crippen molar-refractivity contribution in [3.63, 3.8) is 0 Å². The van der Waals surface area contributed by atoms with Crippen LogP contribution in [0.5, 0.6) is 0 Å². The Morgan fingerprint density at radius 1 is 1.26 bits per heavy atom. The first-order valence-corrected chi connectivity index (χ1v) is 6.25. The molecule has 112 valence electrons. The van der Waals surface area contributed by atoms with E-state index in [0.29, 0.717) is 12.8 Å². The van der Waals surface area contributed by atoms with Crippen molar-refractivity contribution in [3.05, 3.63) is 0 Å². The van der Waals surface area contributed by atoms with Gasteiger partial charge in [0.05, 0.1) is 12.6 Å². The van der Waals surface area contributed by atoms with Gasteiger partial charge in [-0.05, 0) is 12.8 Å². The fourth-order valence-corrected chi connectivity index (χ4v) is 1.85. The van der Waals surface area contributed by atoms with Gasteiger partial charge in [-0.3, -0.25) is 4.79 Å². The van der Waals surface area contributed by atoms with Crippen molar-refractivity contribution in [2.24, 2.45) is 11.5 Å². The molecule has 1 rings (SSSR count). The summed E-state index contributed by atoms with van der Waals surface area (Å²) in [5, 5.41) is 28.3. The number of carbonyl (C=O) groups excluding carboxylic acids is 1. The molecule has 7 N–H and O–H groups in total. The summed E-state index contributed by atoms with van der Waals surface area (Å²) < 4.78 is 10.6. The standard InChI is InChI=1S/C11H22N2O6/c12-7(15)3-1-2-4-18-11-8(13)10(17)9(16)6(5-14)19-11/h6,8-11,14,16-17H,1-5,13H2,(H2,12,15). The highest BCUT2D eigenvalue weighted by atomic mass is 16.7. The molecule has 0 radical (unpaired) electrons. The van der Waals surface area contributed by atoms with Gasteiger partial charge in [0.1, 0.15) is 18.3 Å². The molecular formula is C11H22N2O6. The quantitative estimate of drug-likeness (QED) is 0.321. The van der Waals surface area contributed by atoms with Gasteiger partial charge in [-0.25, -0.2) is 0 Å². The number of primary amides is 1. The smallest absolute Gasteiger partial charge is 0.217 e. The first-order chi connectivity index (χ1) is 8.97. The number of aliphatic hydroxyl groups is 3. The van der Waals surface area contributed by atoms with E-state index in [0.717, 1.165) is 0 Å². The Hall–Kier alpha value is -0.770. The third-order valence-electron chi connectivity index (χ3n) is 3.03. The van der Waals surface area contributed by atoms with Crippen LogP contribution in [0.1, 0.15) is 19.3 Å². The average molecular weight is 278 g/mol. The Kier molecular flexibility index (Phi) is 6.63. The lowest BCUT2D eigenvalue weighted by Gasteiger charge is -2.40. The summed E-state index contributed by atoms with van der Waals surface area (Å²) in [6.07, 6.45) is -2.82. The maximum Gasteiger partial charge on any atom is 0.217 e. The van der Waals surface area contributed by atoms with Crippen LogP contribution in [0.3, 0.4) is 0 Å². The lowest BCUT2D eigenvalue weighted by molar-refractivity contribution is -0.265. The van der Waals surface area contributed by atoms with Crippen LogP contribution in [0.2, 0.25) is 0 Å². The number of ether oxygens (including phenoxy) is 2. The number of hydrogen-bond acceptors (Lipinski definition) is 7. The molecule has 0 bridgehead atoms. The van der Waals surface area contributed by atoms with Gasteiger partial charge in [0.2, 0.25) is 5.91 Å². The van der Waals surface area contributed by atoms with Gasteiger partial charge in [0, 0.05) is 13.0 Å². The van der Waals surface area contributed by atoms with Crippen LogP contribution in [0.4, 0.5) is 0 Å². The molecule has 1 aliphatic rings. The molecule has 1 fully saturated rings. The molecule has 0 aliphatic carbocycles. The van der Waals surface area contributed by atoms with Crippen molar-refractivity contribution in [1.82, 2.24) is 0 Å². The number of unbranched alkanes of at least 4 members (excludes halogenated alkanes) is 1. The number of amides is 1. The van der Waals surface area contributed by atoms with Crippen molar-refractivity contribution in [2.75, 3.05) is 13.2 Å². The minimum atomic E-state index is -1.24. The molecule has 0 aromatic rings. The van der Waals surface area contributed by atoms with Crippen LogP contribution < -0.4 is 11.5 Å². The monoisotopic (exact) mass is 278 g/mol. The number of nitrogens with two attached hydrogens (primary N) is 2. The second-order valence-electron chi connectivity index (χ2n) is 4.58. The Morgan fingerprint density at radius 2 is 1.95 bits per heavy atom. The molecule has 0 spiro atoms. The molecule has 1 saturated heterocycles. The van der Waals surface area contributed by atoms with E-state index in [4.69, 9.17) is 26.0 Å². The van der Waals surface area contributed by atoms with E-state index in [1.54, 1.807) is 0 Å². The van der Waals surface area contributed by atoms with Gasteiger partial charge < -0.3 is 36.3 Å². The molecule has 1 heterocycles. The highest BCUT2D eigenvalue weighted by Gasteiger charge is 2.42. The van der Waals surface area contributed by atoms with Crippen molar-refractivity contribution < 1.29 is 29.6 Å². The summed E-state index contributed by atoms with van der Waals surface area (Å²) in [6.45, 7) is -0.154. The SMILES string of the molecule is NC(=O)CCCCOC1OC(CO)C(O)C(O)C1N. The fraction of sp³-hybridized carbons (Fsp3) is 0.909. The van der Waals surface area contributed by atoms with Crippen molar-refractivity contribution in [1.29, 1.82) is 0 Å². The summed E-state index contributed by atoms with van der Waals surface area (Å²) in [5.74, 6) is -0.371. The second kappa shape index (κ2) is 7.73. The van der Waals surface area contributed by atoms with E-state index in [-0.39, 0.29) is 18.9 Å². The van der Waals surface area contributed by atoms with E-state index < -0.39 is 37.3 Å². The van der Waals surface area contributed by atoms with Crippen molar-refractivity contribution >= 4 is 5.91 Å². The van der Waals surface area contributed by atoms with E-state index >= 15 is 0 Å². The normalized spacial score (nSPS) is 35.3. The third kappa shape index (κ3) is 4.68. The van der Waals surface area contributed by atoms with Crippen LogP contribution in [0.25, 0.3) is 0 Å². The second-order valence-corrected chi connectivity index (χ2v) is 4.58. The van der Waals surface area contributed by atoms with Crippen LogP contribution in [-0.4, -0.2) is 65.1 Å². The Balaban J connectivity index is 2.33. The van der Waals surface area contributed by atoms with E-state index in [1.807, 2.05) is 0 Å². The third-order valence-corrected chi connectivity index (χ3v) is 3.03. The number of carbonyl (C=O) groups is 1. The molecule has 1 amide bonds. The first kappa shape index (κ1) is 16.3. The zero-order valence-electron chi connectivity index (χ0n) is 10.6. The lowest BCUT2D eigenvalue weighted by Crippen LogP contribution is -2.62. The Bertz CT molecular complexity index is 288. The van der Waals surface area contributed by atoms with Crippen LogP contribution in [-0.2, 0) is 14.3 Å². The highest BCUT2D eigenvalue weighted by molar-refractivity contribution is 5.73. The first-order valence-electron chi connectivity index (χ1n) is 6.25. The van der Waals surface area contributed by atoms with E-state index in [1.165, 1.54) is 0 Å². The Labute approximate surface area is 111 Å². The zero-order valence-corrected chi connectivity index (χ0v) is 10.6. The van der Waals surface area contributed by atoms with Crippen molar-refractivity contribution in [3.8, 4) is 0 Å².